The Bertz CT molecular complexity index is 1240. The molecule has 0 aromatic heterocycles. The van der Waals surface area contributed by atoms with Crippen LogP contribution < -0.4 is 0 Å². The topological polar surface area (TPSA) is 43.7 Å². The van der Waals surface area contributed by atoms with Crippen molar-refractivity contribution in [2.24, 2.45) is 0 Å². The highest BCUT2D eigenvalue weighted by molar-refractivity contribution is 5.37. The van der Waals surface area contributed by atoms with Crippen LogP contribution in [-0.4, -0.2) is 65.9 Å². The van der Waals surface area contributed by atoms with E-state index in [1.807, 2.05) is 121 Å². The molecular formula is C37H45N2O2+. The number of quaternary nitrogens is 1. The standard InChI is InChI=1S/C37H45N2O2/c1-39(29-15-25-37(41,34-20-10-4-11-21-34)35-22-12-5-13-23-35)30-27-38(28-31-39)26-14-24-36(40,32-16-6-2-7-17-32)33-18-8-3-9-19-33/h2-13,16-23,40-41H,14-15,24-31H2,1H3/q+1. The van der Waals surface area contributed by atoms with Gasteiger partial charge in [0.2, 0.25) is 0 Å². The zero-order valence-electron chi connectivity index (χ0n) is 24.4. The molecule has 0 radical (unpaired) electrons. The summed E-state index contributed by atoms with van der Waals surface area (Å²) in [4.78, 5) is 2.56. The fourth-order valence-electron chi connectivity index (χ4n) is 6.48. The lowest BCUT2D eigenvalue weighted by molar-refractivity contribution is -0.914. The molecule has 0 amide bonds. The molecule has 0 unspecified atom stereocenters. The number of aliphatic hydroxyl groups is 2. The van der Waals surface area contributed by atoms with Crippen molar-refractivity contribution in [2.45, 2.75) is 36.9 Å². The lowest BCUT2D eigenvalue weighted by Crippen LogP contribution is -2.57. The van der Waals surface area contributed by atoms with Gasteiger partial charge in [-0.3, -0.25) is 4.90 Å². The number of nitrogens with zero attached hydrogens (tertiary/aromatic N) is 2. The van der Waals surface area contributed by atoms with Gasteiger partial charge < -0.3 is 14.7 Å². The van der Waals surface area contributed by atoms with Gasteiger partial charge in [-0.15, -0.1) is 0 Å². The quantitative estimate of drug-likeness (QED) is 0.207. The van der Waals surface area contributed by atoms with Gasteiger partial charge in [-0.25, -0.2) is 0 Å². The molecule has 0 aliphatic carbocycles. The van der Waals surface area contributed by atoms with Crippen LogP contribution in [0.25, 0.3) is 0 Å². The Morgan fingerprint density at radius 1 is 0.561 bits per heavy atom. The third-order valence-electron chi connectivity index (χ3n) is 9.17. The number of hydrogen-bond donors (Lipinski definition) is 2. The molecule has 0 saturated carbocycles. The molecule has 41 heavy (non-hydrogen) atoms. The Morgan fingerprint density at radius 3 is 1.27 bits per heavy atom. The average Bonchev–Trinajstić information content (AvgIpc) is 3.03. The molecule has 1 aliphatic heterocycles. The molecule has 0 bridgehead atoms. The number of rotatable bonds is 12. The van der Waals surface area contributed by atoms with E-state index >= 15 is 0 Å². The fraction of sp³-hybridized carbons (Fsp3) is 0.351. The first kappa shape index (κ1) is 29.2. The van der Waals surface area contributed by atoms with Gasteiger partial charge in [-0.2, -0.15) is 0 Å². The van der Waals surface area contributed by atoms with Crippen LogP contribution in [0.1, 0.15) is 47.9 Å². The summed E-state index contributed by atoms with van der Waals surface area (Å²) < 4.78 is 1.04. The smallest absolute Gasteiger partial charge is 0.115 e. The predicted molar refractivity (Wildman–Crippen MR) is 167 cm³/mol. The van der Waals surface area contributed by atoms with Crippen LogP contribution in [0.4, 0.5) is 0 Å². The summed E-state index contributed by atoms with van der Waals surface area (Å²) in [7, 11) is 2.37. The van der Waals surface area contributed by atoms with Gasteiger partial charge in [0.05, 0.1) is 26.7 Å². The molecule has 4 aromatic rings. The Kier molecular flexibility index (Phi) is 9.36. The second kappa shape index (κ2) is 13.1. The van der Waals surface area contributed by atoms with Gasteiger partial charge in [-0.1, -0.05) is 121 Å². The molecule has 1 fully saturated rings. The van der Waals surface area contributed by atoms with Crippen molar-refractivity contribution in [1.82, 2.24) is 4.90 Å². The summed E-state index contributed by atoms with van der Waals surface area (Å²) in [5.41, 5.74) is 1.89. The summed E-state index contributed by atoms with van der Waals surface area (Å²) in [6, 6.07) is 40.4. The van der Waals surface area contributed by atoms with Crippen molar-refractivity contribution in [3.63, 3.8) is 0 Å². The van der Waals surface area contributed by atoms with E-state index < -0.39 is 11.2 Å². The summed E-state index contributed by atoms with van der Waals surface area (Å²) in [5, 5.41) is 23.8. The van der Waals surface area contributed by atoms with Crippen molar-refractivity contribution in [2.75, 3.05) is 46.3 Å². The van der Waals surface area contributed by atoms with Crippen molar-refractivity contribution in [1.29, 1.82) is 0 Å². The van der Waals surface area contributed by atoms with Gasteiger partial charge in [0.15, 0.2) is 0 Å². The Labute approximate surface area is 246 Å². The molecule has 2 N–H and O–H groups in total. The zero-order chi connectivity index (χ0) is 28.6. The Morgan fingerprint density at radius 2 is 0.902 bits per heavy atom. The molecule has 5 rings (SSSR count). The van der Waals surface area contributed by atoms with Gasteiger partial charge in [0.1, 0.15) is 11.2 Å². The normalized spacial score (nSPS) is 16.0. The van der Waals surface area contributed by atoms with E-state index in [1.54, 1.807) is 0 Å². The number of likely N-dealkylation sites (N-methyl/N-ethyl adjacent to an activating group) is 1. The third kappa shape index (κ3) is 6.97. The number of piperazine rings is 1. The summed E-state index contributed by atoms with van der Waals surface area (Å²) in [6.07, 6.45) is 3.29. The van der Waals surface area contributed by atoms with Crippen LogP contribution in [0.2, 0.25) is 0 Å². The summed E-state index contributed by atoms with van der Waals surface area (Å²) in [5.74, 6) is 0. The molecule has 0 spiro atoms. The monoisotopic (exact) mass is 549 g/mol. The second-order valence-electron chi connectivity index (χ2n) is 12.0. The van der Waals surface area contributed by atoms with Gasteiger partial charge in [-0.05, 0) is 54.5 Å². The summed E-state index contributed by atoms with van der Waals surface area (Å²) in [6.45, 7) is 6.38. The molecule has 214 valence electrons. The molecule has 1 aliphatic rings. The highest BCUT2D eigenvalue weighted by Crippen LogP contribution is 2.35. The first-order valence-electron chi connectivity index (χ1n) is 15.1. The SMILES string of the molecule is C[N+]1(CCCC(O)(c2ccccc2)c2ccccc2)CCN(CCCC(O)(c2ccccc2)c2ccccc2)CC1. The van der Waals surface area contributed by atoms with E-state index in [1.165, 1.54) is 0 Å². The molecule has 4 heteroatoms. The maximum Gasteiger partial charge on any atom is 0.115 e. The molecule has 1 heterocycles. The van der Waals surface area contributed by atoms with Crippen LogP contribution >= 0.6 is 0 Å². The van der Waals surface area contributed by atoms with Crippen molar-refractivity contribution in [3.8, 4) is 0 Å². The lowest BCUT2D eigenvalue weighted by Gasteiger charge is -2.43. The minimum absolute atomic E-state index is 0.696. The molecule has 4 aromatic carbocycles. The first-order valence-corrected chi connectivity index (χ1v) is 15.1. The third-order valence-corrected chi connectivity index (χ3v) is 9.17. The highest BCUT2D eigenvalue weighted by Gasteiger charge is 2.35. The minimum atomic E-state index is -0.975. The highest BCUT2D eigenvalue weighted by atomic mass is 16.3. The van der Waals surface area contributed by atoms with E-state index in [9.17, 15) is 10.2 Å². The Balaban J connectivity index is 1.14. The van der Waals surface area contributed by atoms with Crippen LogP contribution in [0.15, 0.2) is 121 Å². The molecule has 0 atom stereocenters. The van der Waals surface area contributed by atoms with E-state index in [4.69, 9.17) is 0 Å². The van der Waals surface area contributed by atoms with E-state index in [-0.39, 0.29) is 0 Å². The number of benzene rings is 4. The fourth-order valence-corrected chi connectivity index (χ4v) is 6.48. The minimum Gasteiger partial charge on any atom is -0.380 e. The van der Waals surface area contributed by atoms with Crippen LogP contribution in [0.3, 0.4) is 0 Å². The van der Waals surface area contributed by atoms with Crippen molar-refractivity contribution >= 4 is 0 Å². The predicted octanol–water partition coefficient (Wildman–Crippen LogP) is 6.18. The van der Waals surface area contributed by atoms with Crippen LogP contribution in [0, 0.1) is 0 Å². The zero-order valence-corrected chi connectivity index (χ0v) is 24.4. The maximum atomic E-state index is 11.9. The second-order valence-corrected chi connectivity index (χ2v) is 12.0. The van der Waals surface area contributed by atoms with Gasteiger partial charge in [0, 0.05) is 13.1 Å². The summed E-state index contributed by atoms with van der Waals surface area (Å²) >= 11 is 0. The maximum absolute atomic E-state index is 11.9. The lowest BCUT2D eigenvalue weighted by atomic mass is 9.82. The molecule has 4 nitrogen and oxygen atoms in total. The largest absolute Gasteiger partial charge is 0.380 e. The number of hydrogen-bond acceptors (Lipinski definition) is 3. The van der Waals surface area contributed by atoms with Gasteiger partial charge >= 0.3 is 0 Å². The molecule has 1 saturated heterocycles. The van der Waals surface area contributed by atoms with Crippen LogP contribution in [0.5, 0.6) is 0 Å². The van der Waals surface area contributed by atoms with Gasteiger partial charge in [0.25, 0.3) is 0 Å². The van der Waals surface area contributed by atoms with Crippen molar-refractivity contribution in [3.05, 3.63) is 144 Å². The van der Waals surface area contributed by atoms with E-state index in [0.29, 0.717) is 12.8 Å². The average molecular weight is 550 g/mol. The van der Waals surface area contributed by atoms with Crippen LogP contribution in [-0.2, 0) is 11.2 Å². The Hall–Kier alpha value is -3.28. The van der Waals surface area contributed by atoms with E-state index in [0.717, 1.165) is 78.8 Å². The first-order chi connectivity index (χ1) is 19.9. The van der Waals surface area contributed by atoms with Crippen molar-refractivity contribution < 1.29 is 14.7 Å². The molecular weight excluding hydrogens is 504 g/mol. The van der Waals surface area contributed by atoms with E-state index in [2.05, 4.69) is 11.9 Å².